The maximum absolute atomic E-state index is 11.7. The number of carbonyl (C=O) groups is 1. The van der Waals surface area contributed by atoms with E-state index in [1.807, 2.05) is 0 Å². The van der Waals surface area contributed by atoms with E-state index in [2.05, 4.69) is 29.2 Å². The third-order valence-electron chi connectivity index (χ3n) is 3.35. The molecule has 0 radical (unpaired) electrons. The predicted octanol–water partition coefficient (Wildman–Crippen LogP) is 0.444. The van der Waals surface area contributed by atoms with Crippen LogP contribution in [0.4, 0.5) is 0 Å². The minimum atomic E-state index is -0.0278. The summed E-state index contributed by atoms with van der Waals surface area (Å²) < 4.78 is 10.2. The van der Waals surface area contributed by atoms with Crippen LogP contribution in [-0.2, 0) is 16.0 Å². The Morgan fingerprint density at radius 3 is 3.11 bits per heavy atom. The fourth-order valence-electron chi connectivity index (χ4n) is 2.19. The van der Waals surface area contributed by atoms with Gasteiger partial charge in [-0.05, 0) is 13.8 Å². The number of nitrogens with zero attached hydrogens (tertiary/aromatic N) is 2. The lowest BCUT2D eigenvalue weighted by atomic mass is 10.0. The topological polar surface area (TPSA) is 67.6 Å². The van der Waals surface area contributed by atoms with Crippen LogP contribution in [0.15, 0.2) is 16.9 Å². The molecule has 1 aliphatic heterocycles. The summed E-state index contributed by atoms with van der Waals surface area (Å²) in [5, 5.41) is 6.62. The van der Waals surface area contributed by atoms with Crippen molar-refractivity contribution in [3.8, 4) is 0 Å². The molecule has 1 amide bonds. The Kier molecular flexibility index (Phi) is 4.55. The largest absolute Gasteiger partial charge is 0.378 e. The molecule has 1 N–H and O–H groups in total. The van der Waals surface area contributed by atoms with Crippen LogP contribution in [0.3, 0.4) is 0 Å². The summed E-state index contributed by atoms with van der Waals surface area (Å²) in [6, 6.07) is 1.70. The summed E-state index contributed by atoms with van der Waals surface area (Å²) in [5.41, 5.74) is 0.693. The van der Waals surface area contributed by atoms with Crippen molar-refractivity contribution in [2.24, 2.45) is 0 Å². The van der Waals surface area contributed by atoms with Gasteiger partial charge in [-0.2, -0.15) is 0 Å². The summed E-state index contributed by atoms with van der Waals surface area (Å²) in [5.74, 6) is -0.0278. The predicted molar refractivity (Wildman–Crippen MR) is 69.7 cm³/mol. The van der Waals surface area contributed by atoms with Gasteiger partial charge < -0.3 is 14.6 Å². The van der Waals surface area contributed by atoms with Crippen molar-refractivity contribution in [1.82, 2.24) is 15.4 Å². The summed E-state index contributed by atoms with van der Waals surface area (Å²) >= 11 is 0. The zero-order valence-corrected chi connectivity index (χ0v) is 11.5. The van der Waals surface area contributed by atoms with Crippen molar-refractivity contribution >= 4 is 5.91 Å². The maximum atomic E-state index is 11.7. The van der Waals surface area contributed by atoms with Crippen LogP contribution in [0.25, 0.3) is 0 Å². The number of rotatable bonds is 5. The van der Waals surface area contributed by atoms with Gasteiger partial charge in [0, 0.05) is 31.2 Å². The molecule has 1 aromatic heterocycles. The number of amides is 1. The molecule has 0 bridgehead atoms. The van der Waals surface area contributed by atoms with Gasteiger partial charge in [0.25, 0.3) is 0 Å². The highest BCUT2D eigenvalue weighted by molar-refractivity contribution is 5.77. The highest BCUT2D eigenvalue weighted by atomic mass is 16.5. The van der Waals surface area contributed by atoms with E-state index in [-0.39, 0.29) is 17.9 Å². The van der Waals surface area contributed by atoms with Crippen molar-refractivity contribution in [2.45, 2.75) is 25.8 Å². The second kappa shape index (κ2) is 6.16. The average Bonchev–Trinajstić information content (AvgIpc) is 2.84. The molecule has 6 nitrogen and oxygen atoms in total. The lowest BCUT2D eigenvalue weighted by Crippen LogP contribution is -2.54. The number of nitrogens with one attached hydrogen (secondary N) is 1. The number of hydrogen-bond donors (Lipinski definition) is 1. The normalized spacial score (nSPS) is 19.3. The van der Waals surface area contributed by atoms with Crippen LogP contribution >= 0.6 is 0 Å². The molecule has 1 saturated heterocycles. The Balaban J connectivity index is 1.69. The van der Waals surface area contributed by atoms with Gasteiger partial charge in [0.15, 0.2) is 0 Å². The molecule has 19 heavy (non-hydrogen) atoms. The Morgan fingerprint density at radius 2 is 2.42 bits per heavy atom. The molecular weight excluding hydrogens is 246 g/mol. The Morgan fingerprint density at radius 1 is 1.58 bits per heavy atom. The van der Waals surface area contributed by atoms with E-state index < -0.39 is 0 Å². The zero-order chi connectivity index (χ0) is 13.7. The highest BCUT2D eigenvalue weighted by Crippen LogP contribution is 2.17. The molecule has 6 heteroatoms. The summed E-state index contributed by atoms with van der Waals surface area (Å²) in [7, 11) is 0. The lowest BCUT2D eigenvalue weighted by Gasteiger charge is -2.42. The second-order valence-corrected chi connectivity index (χ2v) is 5.37. The Bertz CT molecular complexity index is 403. The highest BCUT2D eigenvalue weighted by Gasteiger charge is 2.29. The Hall–Kier alpha value is -1.40. The van der Waals surface area contributed by atoms with E-state index >= 15 is 0 Å². The lowest BCUT2D eigenvalue weighted by molar-refractivity contribution is -0.120. The minimum absolute atomic E-state index is 0.0278. The smallest absolute Gasteiger partial charge is 0.226 e. The van der Waals surface area contributed by atoms with Crippen molar-refractivity contribution in [3.63, 3.8) is 0 Å². The molecule has 2 rings (SSSR count). The van der Waals surface area contributed by atoms with Crippen LogP contribution in [-0.4, -0.2) is 54.4 Å². The quantitative estimate of drug-likeness (QED) is 0.838. The van der Waals surface area contributed by atoms with Gasteiger partial charge in [0.05, 0.1) is 25.3 Å². The Labute approximate surface area is 113 Å². The molecule has 0 atom stereocenters. The van der Waals surface area contributed by atoms with Gasteiger partial charge in [0.1, 0.15) is 6.26 Å². The van der Waals surface area contributed by atoms with Gasteiger partial charge in [-0.25, -0.2) is 0 Å². The number of hydrogen-bond acceptors (Lipinski definition) is 5. The number of carbonyl (C=O) groups excluding carboxylic acids is 1. The van der Waals surface area contributed by atoms with Gasteiger partial charge in [0.2, 0.25) is 5.91 Å². The van der Waals surface area contributed by atoms with Crippen LogP contribution in [0.2, 0.25) is 0 Å². The average molecular weight is 267 g/mol. The van der Waals surface area contributed by atoms with Crippen molar-refractivity contribution < 1.29 is 14.1 Å². The zero-order valence-electron chi connectivity index (χ0n) is 11.5. The molecule has 1 aliphatic rings. The molecule has 1 aromatic rings. The van der Waals surface area contributed by atoms with Crippen LogP contribution in [0, 0.1) is 0 Å². The fraction of sp³-hybridized carbons (Fsp3) is 0.692. The van der Waals surface area contributed by atoms with Crippen molar-refractivity contribution in [1.29, 1.82) is 0 Å². The summed E-state index contributed by atoms with van der Waals surface area (Å²) in [4.78, 5) is 14.0. The maximum Gasteiger partial charge on any atom is 0.226 e. The molecule has 2 heterocycles. The van der Waals surface area contributed by atoms with Crippen molar-refractivity contribution in [2.75, 3.05) is 32.8 Å². The molecule has 1 fully saturated rings. The van der Waals surface area contributed by atoms with Crippen LogP contribution in [0.1, 0.15) is 19.5 Å². The summed E-state index contributed by atoms with van der Waals surface area (Å²) in [6.45, 7) is 8.19. The van der Waals surface area contributed by atoms with Crippen molar-refractivity contribution in [3.05, 3.63) is 18.0 Å². The first-order valence-electron chi connectivity index (χ1n) is 6.57. The van der Waals surface area contributed by atoms with E-state index in [1.54, 1.807) is 6.07 Å². The SMILES string of the molecule is CC1(C)COCCN1CCNC(=O)Cc1ccon1. The first-order chi connectivity index (χ1) is 9.08. The molecule has 106 valence electrons. The molecule has 0 unspecified atom stereocenters. The van der Waals surface area contributed by atoms with Gasteiger partial charge in [-0.15, -0.1) is 0 Å². The molecular formula is C13H21N3O3. The molecule has 0 aliphatic carbocycles. The van der Waals surface area contributed by atoms with E-state index in [0.29, 0.717) is 12.2 Å². The van der Waals surface area contributed by atoms with Crippen LogP contribution in [0.5, 0.6) is 0 Å². The molecule has 0 saturated carbocycles. The van der Waals surface area contributed by atoms with Crippen LogP contribution < -0.4 is 5.32 Å². The third-order valence-corrected chi connectivity index (χ3v) is 3.35. The first kappa shape index (κ1) is 14.0. The standard InChI is InChI=1S/C13H21N3O3/c1-13(2)10-18-8-6-16(13)5-4-14-12(17)9-11-3-7-19-15-11/h3,7H,4-6,8-10H2,1-2H3,(H,14,17). The summed E-state index contributed by atoms with van der Waals surface area (Å²) in [6.07, 6.45) is 1.74. The minimum Gasteiger partial charge on any atom is -0.378 e. The fourth-order valence-corrected chi connectivity index (χ4v) is 2.19. The van der Waals surface area contributed by atoms with E-state index in [0.717, 1.165) is 26.3 Å². The van der Waals surface area contributed by atoms with E-state index in [1.165, 1.54) is 6.26 Å². The second-order valence-electron chi connectivity index (χ2n) is 5.37. The first-order valence-corrected chi connectivity index (χ1v) is 6.57. The molecule has 0 aromatic carbocycles. The van der Waals surface area contributed by atoms with Gasteiger partial charge >= 0.3 is 0 Å². The number of ether oxygens (including phenoxy) is 1. The third kappa shape index (κ3) is 4.04. The molecule has 0 spiro atoms. The monoisotopic (exact) mass is 267 g/mol. The van der Waals surface area contributed by atoms with Gasteiger partial charge in [-0.3, -0.25) is 9.69 Å². The van der Waals surface area contributed by atoms with Gasteiger partial charge in [-0.1, -0.05) is 5.16 Å². The van der Waals surface area contributed by atoms with E-state index in [9.17, 15) is 4.79 Å². The van der Waals surface area contributed by atoms with E-state index in [4.69, 9.17) is 9.26 Å². The number of morpholine rings is 1. The number of aromatic nitrogens is 1.